The average Bonchev–Trinajstić information content (AvgIpc) is 2.79. The van der Waals surface area contributed by atoms with Gasteiger partial charge in [-0.25, -0.2) is 0 Å². The van der Waals surface area contributed by atoms with Gasteiger partial charge >= 0.3 is 0 Å². The molecule has 0 spiro atoms. The summed E-state index contributed by atoms with van der Waals surface area (Å²) in [5.41, 5.74) is 1.22. The second-order valence-electron chi connectivity index (χ2n) is 4.62. The fourth-order valence-electron chi connectivity index (χ4n) is 2.39. The molecule has 0 aliphatic carbocycles. The highest BCUT2D eigenvalue weighted by atomic mass is 79.9. The smallest absolute Gasteiger partial charge is 0.0875 e. The van der Waals surface area contributed by atoms with Gasteiger partial charge in [0.05, 0.1) is 35.1 Å². The van der Waals surface area contributed by atoms with Crippen LogP contribution >= 0.6 is 27.7 Å². The molecule has 1 fully saturated rings. The van der Waals surface area contributed by atoms with Crippen LogP contribution in [0.25, 0.3) is 0 Å². The first-order valence-electron chi connectivity index (χ1n) is 6.91. The number of aromatic nitrogens is 2. The molecule has 1 aromatic heterocycles. The van der Waals surface area contributed by atoms with Crippen LogP contribution in [0, 0.1) is 0 Å². The van der Waals surface area contributed by atoms with Crippen molar-refractivity contribution in [2.45, 2.75) is 39.0 Å². The summed E-state index contributed by atoms with van der Waals surface area (Å²) in [5.74, 6) is 2.14. The van der Waals surface area contributed by atoms with E-state index in [1.54, 1.807) is 0 Å². The van der Waals surface area contributed by atoms with Crippen LogP contribution in [-0.2, 0) is 11.3 Å². The molecule has 1 aliphatic heterocycles. The Morgan fingerprint density at radius 1 is 1.63 bits per heavy atom. The molecule has 2 unspecified atom stereocenters. The summed E-state index contributed by atoms with van der Waals surface area (Å²) in [6.45, 7) is 7.03. The summed E-state index contributed by atoms with van der Waals surface area (Å²) in [6.07, 6.45) is 3.20. The first-order chi connectivity index (χ1) is 9.27. The number of nitrogens with zero attached hydrogens (tertiary/aromatic N) is 2. The second-order valence-corrected chi connectivity index (χ2v) is 6.62. The molecule has 2 rings (SSSR count). The van der Waals surface area contributed by atoms with E-state index in [2.05, 4.69) is 44.9 Å². The van der Waals surface area contributed by atoms with E-state index in [1.165, 1.54) is 5.69 Å². The monoisotopic (exact) mass is 347 g/mol. The summed E-state index contributed by atoms with van der Waals surface area (Å²) in [7, 11) is 0. The van der Waals surface area contributed by atoms with Gasteiger partial charge in [0.2, 0.25) is 0 Å². The molecule has 1 N–H and O–H groups in total. The van der Waals surface area contributed by atoms with Gasteiger partial charge in [0.15, 0.2) is 0 Å². The SMILES string of the molecule is CCCn1ncc(Br)c1C(NCC)C1CSCCO1. The first kappa shape index (κ1) is 15.4. The number of ether oxygens (including phenoxy) is 1. The van der Waals surface area contributed by atoms with Crippen molar-refractivity contribution in [1.29, 1.82) is 0 Å². The maximum absolute atomic E-state index is 5.96. The predicted octanol–water partition coefficient (Wildman–Crippen LogP) is 2.84. The van der Waals surface area contributed by atoms with Crippen molar-refractivity contribution in [2.75, 3.05) is 24.7 Å². The molecule has 19 heavy (non-hydrogen) atoms. The maximum Gasteiger partial charge on any atom is 0.0875 e. The van der Waals surface area contributed by atoms with Gasteiger partial charge in [0.1, 0.15) is 0 Å². The Labute approximate surface area is 127 Å². The molecular formula is C13H22BrN3OS. The van der Waals surface area contributed by atoms with Crippen LogP contribution in [-0.4, -0.2) is 40.5 Å². The lowest BCUT2D eigenvalue weighted by atomic mass is 10.1. The minimum atomic E-state index is 0.209. The van der Waals surface area contributed by atoms with Gasteiger partial charge in [-0.05, 0) is 28.9 Å². The second kappa shape index (κ2) is 7.67. The van der Waals surface area contributed by atoms with Crippen LogP contribution in [0.1, 0.15) is 32.0 Å². The zero-order valence-electron chi connectivity index (χ0n) is 11.6. The minimum absolute atomic E-state index is 0.209. The van der Waals surface area contributed by atoms with Crippen LogP contribution < -0.4 is 5.32 Å². The van der Waals surface area contributed by atoms with Crippen LogP contribution in [0.15, 0.2) is 10.7 Å². The van der Waals surface area contributed by atoms with E-state index in [0.29, 0.717) is 0 Å². The maximum atomic E-state index is 5.96. The number of thioether (sulfide) groups is 1. The van der Waals surface area contributed by atoms with Gasteiger partial charge in [0, 0.05) is 18.1 Å². The highest BCUT2D eigenvalue weighted by molar-refractivity contribution is 9.10. The number of rotatable bonds is 6. The van der Waals surface area contributed by atoms with E-state index in [4.69, 9.17) is 4.74 Å². The van der Waals surface area contributed by atoms with Gasteiger partial charge in [-0.1, -0.05) is 13.8 Å². The normalized spacial score (nSPS) is 21.5. The van der Waals surface area contributed by atoms with Crippen molar-refractivity contribution in [3.05, 3.63) is 16.4 Å². The summed E-state index contributed by atoms with van der Waals surface area (Å²) in [5, 5.41) is 8.04. The number of nitrogens with one attached hydrogen (secondary N) is 1. The quantitative estimate of drug-likeness (QED) is 0.858. The van der Waals surface area contributed by atoms with Crippen molar-refractivity contribution >= 4 is 27.7 Å². The number of hydrogen-bond donors (Lipinski definition) is 1. The van der Waals surface area contributed by atoms with Crippen LogP contribution in [0.2, 0.25) is 0 Å². The molecule has 2 heterocycles. The first-order valence-corrected chi connectivity index (χ1v) is 8.86. The van der Waals surface area contributed by atoms with Gasteiger partial charge in [-0.2, -0.15) is 16.9 Å². The molecular weight excluding hydrogens is 326 g/mol. The fraction of sp³-hybridized carbons (Fsp3) is 0.769. The van der Waals surface area contributed by atoms with Crippen molar-refractivity contribution in [3.8, 4) is 0 Å². The molecule has 0 bridgehead atoms. The van der Waals surface area contributed by atoms with Crippen LogP contribution in [0.4, 0.5) is 0 Å². The Hall–Kier alpha value is -0.0400. The number of halogens is 1. The Morgan fingerprint density at radius 3 is 3.11 bits per heavy atom. The van der Waals surface area contributed by atoms with Crippen molar-refractivity contribution in [1.82, 2.24) is 15.1 Å². The lowest BCUT2D eigenvalue weighted by Crippen LogP contribution is -2.39. The highest BCUT2D eigenvalue weighted by Gasteiger charge is 2.30. The molecule has 0 aromatic carbocycles. The van der Waals surface area contributed by atoms with Crippen molar-refractivity contribution in [2.24, 2.45) is 0 Å². The predicted molar refractivity (Wildman–Crippen MR) is 83.7 cm³/mol. The zero-order valence-corrected chi connectivity index (χ0v) is 14.0. The Kier molecular flexibility index (Phi) is 6.19. The third kappa shape index (κ3) is 3.74. The average molecular weight is 348 g/mol. The minimum Gasteiger partial charge on any atom is -0.374 e. The van der Waals surface area contributed by atoms with E-state index in [-0.39, 0.29) is 12.1 Å². The fourth-order valence-corrected chi connectivity index (χ4v) is 3.84. The lowest BCUT2D eigenvalue weighted by Gasteiger charge is -2.31. The third-order valence-corrected chi connectivity index (χ3v) is 4.83. The van der Waals surface area contributed by atoms with E-state index in [9.17, 15) is 0 Å². The number of likely N-dealkylation sites (N-methyl/N-ethyl adjacent to an activating group) is 1. The topological polar surface area (TPSA) is 39.1 Å². The Balaban J connectivity index is 2.24. The molecule has 1 aliphatic rings. The van der Waals surface area contributed by atoms with Crippen LogP contribution in [0.3, 0.4) is 0 Å². The van der Waals surface area contributed by atoms with E-state index in [1.807, 2.05) is 18.0 Å². The standard InChI is InChI=1S/C13H22BrN3OS/c1-3-5-17-13(10(14)8-16-17)12(15-4-2)11-9-19-7-6-18-11/h8,11-12,15H,3-7,9H2,1-2H3. The van der Waals surface area contributed by atoms with E-state index in [0.717, 1.165) is 42.1 Å². The Morgan fingerprint density at radius 2 is 2.47 bits per heavy atom. The van der Waals surface area contributed by atoms with E-state index >= 15 is 0 Å². The number of hydrogen-bond acceptors (Lipinski definition) is 4. The summed E-state index contributed by atoms with van der Waals surface area (Å²) >= 11 is 5.61. The summed E-state index contributed by atoms with van der Waals surface area (Å²) in [6, 6.07) is 0.209. The molecule has 0 radical (unpaired) electrons. The molecule has 6 heteroatoms. The molecule has 0 amide bonds. The summed E-state index contributed by atoms with van der Waals surface area (Å²) < 4.78 is 9.13. The van der Waals surface area contributed by atoms with Crippen molar-refractivity contribution < 1.29 is 4.74 Å². The van der Waals surface area contributed by atoms with Gasteiger partial charge in [-0.3, -0.25) is 4.68 Å². The van der Waals surface area contributed by atoms with Gasteiger partial charge in [0.25, 0.3) is 0 Å². The zero-order chi connectivity index (χ0) is 13.7. The third-order valence-electron chi connectivity index (χ3n) is 3.20. The molecule has 2 atom stereocenters. The number of aryl methyl sites for hydroxylation is 1. The lowest BCUT2D eigenvalue weighted by molar-refractivity contribution is 0.0446. The molecule has 4 nitrogen and oxygen atoms in total. The van der Waals surface area contributed by atoms with E-state index < -0.39 is 0 Å². The van der Waals surface area contributed by atoms with Gasteiger partial charge < -0.3 is 10.1 Å². The molecule has 1 aromatic rings. The highest BCUT2D eigenvalue weighted by Crippen LogP contribution is 2.30. The molecule has 1 saturated heterocycles. The van der Waals surface area contributed by atoms with Gasteiger partial charge in [-0.15, -0.1) is 0 Å². The van der Waals surface area contributed by atoms with Crippen LogP contribution in [0.5, 0.6) is 0 Å². The summed E-state index contributed by atoms with van der Waals surface area (Å²) in [4.78, 5) is 0. The largest absolute Gasteiger partial charge is 0.374 e. The van der Waals surface area contributed by atoms with Crippen molar-refractivity contribution in [3.63, 3.8) is 0 Å². The molecule has 108 valence electrons. The Bertz CT molecular complexity index is 393. The molecule has 0 saturated carbocycles.